The van der Waals surface area contributed by atoms with Gasteiger partial charge in [-0.05, 0) is 19.1 Å². The van der Waals surface area contributed by atoms with Crippen molar-refractivity contribution in [1.29, 1.82) is 0 Å². The van der Waals surface area contributed by atoms with Gasteiger partial charge < -0.3 is 24.1 Å². The highest BCUT2D eigenvalue weighted by atomic mass is 32.2. The normalized spacial score (nSPS) is 27.0. The lowest BCUT2D eigenvalue weighted by Gasteiger charge is -2.42. The first kappa shape index (κ1) is 22.2. The second-order valence-corrected chi connectivity index (χ2v) is 7.59. The number of esters is 3. The summed E-state index contributed by atoms with van der Waals surface area (Å²) in [6.45, 7) is 5.37. The molecule has 0 unspecified atom stereocenters. The van der Waals surface area contributed by atoms with Crippen LogP contribution in [0.15, 0.2) is 29.2 Å². The highest BCUT2D eigenvalue weighted by Crippen LogP contribution is 2.36. The van der Waals surface area contributed by atoms with Crippen LogP contribution in [0.3, 0.4) is 0 Å². The van der Waals surface area contributed by atoms with Gasteiger partial charge in [-0.1, -0.05) is 29.5 Å². The highest BCUT2D eigenvalue weighted by molar-refractivity contribution is 7.99. The first-order valence-corrected chi connectivity index (χ1v) is 9.60. The van der Waals surface area contributed by atoms with Crippen molar-refractivity contribution < 1.29 is 38.4 Å². The number of aliphatic hydroxyl groups excluding tert-OH is 1. The molecule has 1 aliphatic heterocycles. The molecule has 0 radical (unpaired) electrons. The lowest BCUT2D eigenvalue weighted by Crippen LogP contribution is -2.60. The Hall–Kier alpha value is -2.10. The molecule has 154 valence electrons. The Morgan fingerprint density at radius 2 is 1.57 bits per heavy atom. The molecule has 1 aromatic rings. The van der Waals surface area contributed by atoms with Crippen LogP contribution >= 0.6 is 11.8 Å². The number of benzene rings is 1. The lowest BCUT2D eigenvalue weighted by molar-refractivity contribution is -0.230. The average Bonchev–Trinajstić information content (AvgIpc) is 2.60. The zero-order valence-corrected chi connectivity index (χ0v) is 16.9. The number of ether oxygens (including phenoxy) is 4. The zero-order valence-electron chi connectivity index (χ0n) is 16.1. The quantitative estimate of drug-likeness (QED) is 0.550. The van der Waals surface area contributed by atoms with Gasteiger partial charge in [0.1, 0.15) is 24.3 Å². The van der Waals surface area contributed by atoms with Gasteiger partial charge >= 0.3 is 17.9 Å². The Kier molecular flexibility index (Phi) is 7.85. The number of rotatable bonds is 6. The average molecular weight is 412 g/mol. The molecular formula is C19H24O8S. The molecule has 1 fully saturated rings. The van der Waals surface area contributed by atoms with E-state index in [0.29, 0.717) is 0 Å². The van der Waals surface area contributed by atoms with Gasteiger partial charge in [0.25, 0.3) is 0 Å². The zero-order chi connectivity index (χ0) is 20.8. The van der Waals surface area contributed by atoms with E-state index < -0.39 is 47.8 Å². The predicted octanol–water partition coefficient (Wildman–Crippen LogP) is 1.60. The fourth-order valence-corrected chi connectivity index (χ4v) is 3.82. The molecule has 0 saturated carbocycles. The van der Waals surface area contributed by atoms with Crippen molar-refractivity contribution in [3.63, 3.8) is 0 Å². The number of thioether (sulfide) groups is 1. The van der Waals surface area contributed by atoms with Gasteiger partial charge in [0.15, 0.2) is 12.2 Å². The largest absolute Gasteiger partial charge is 0.463 e. The van der Waals surface area contributed by atoms with Crippen LogP contribution in [-0.2, 0) is 33.3 Å². The molecule has 1 N–H and O–H groups in total. The summed E-state index contributed by atoms with van der Waals surface area (Å²) in [5, 5.41) is 10.6. The van der Waals surface area contributed by atoms with Crippen LogP contribution in [0.2, 0.25) is 0 Å². The van der Waals surface area contributed by atoms with E-state index in [1.165, 1.54) is 32.5 Å². The summed E-state index contributed by atoms with van der Waals surface area (Å²) in [5.41, 5.74) is 0.284. The van der Waals surface area contributed by atoms with Gasteiger partial charge in [0, 0.05) is 25.7 Å². The van der Waals surface area contributed by atoms with Crippen molar-refractivity contribution >= 4 is 29.7 Å². The lowest BCUT2D eigenvalue weighted by atomic mass is 9.99. The first-order valence-electron chi connectivity index (χ1n) is 8.72. The Balaban J connectivity index is 2.30. The molecule has 9 heteroatoms. The van der Waals surface area contributed by atoms with Gasteiger partial charge in [-0.25, -0.2) is 0 Å². The predicted molar refractivity (Wildman–Crippen MR) is 99.4 cm³/mol. The molecule has 1 aromatic carbocycles. The molecule has 1 heterocycles. The number of aryl methyl sites for hydroxylation is 1. The molecule has 8 nitrogen and oxygen atoms in total. The van der Waals surface area contributed by atoms with E-state index in [-0.39, 0.29) is 6.61 Å². The summed E-state index contributed by atoms with van der Waals surface area (Å²) < 4.78 is 21.4. The molecule has 1 aliphatic rings. The van der Waals surface area contributed by atoms with Crippen LogP contribution in [0.1, 0.15) is 26.3 Å². The van der Waals surface area contributed by atoms with Crippen molar-refractivity contribution in [2.24, 2.45) is 0 Å². The Morgan fingerprint density at radius 3 is 2.11 bits per heavy atom. The van der Waals surface area contributed by atoms with Crippen LogP contribution in [0, 0.1) is 6.92 Å². The Morgan fingerprint density at radius 1 is 1.00 bits per heavy atom. The van der Waals surface area contributed by atoms with Crippen molar-refractivity contribution in [2.75, 3.05) is 6.61 Å². The summed E-state index contributed by atoms with van der Waals surface area (Å²) >= 11 is 1.25. The fraction of sp³-hybridized carbons (Fsp3) is 0.526. The van der Waals surface area contributed by atoms with Crippen LogP contribution in [-0.4, -0.2) is 59.5 Å². The first-order chi connectivity index (χ1) is 13.2. The molecule has 0 aliphatic carbocycles. The topological polar surface area (TPSA) is 108 Å². The molecule has 0 bridgehead atoms. The van der Waals surface area contributed by atoms with Crippen molar-refractivity contribution in [3.05, 3.63) is 29.8 Å². The number of hydrogen-bond donors (Lipinski definition) is 1. The monoisotopic (exact) mass is 412 g/mol. The highest BCUT2D eigenvalue weighted by Gasteiger charge is 2.50. The van der Waals surface area contributed by atoms with Gasteiger partial charge in [0.2, 0.25) is 0 Å². The van der Waals surface area contributed by atoms with Gasteiger partial charge in [-0.3, -0.25) is 14.4 Å². The number of aliphatic hydroxyl groups is 1. The third-order valence-corrected chi connectivity index (χ3v) is 5.10. The van der Waals surface area contributed by atoms with E-state index >= 15 is 0 Å². The smallest absolute Gasteiger partial charge is 0.303 e. The van der Waals surface area contributed by atoms with Crippen LogP contribution in [0.4, 0.5) is 0 Å². The summed E-state index contributed by atoms with van der Waals surface area (Å²) in [7, 11) is 0. The Labute approximate surface area is 167 Å². The second kappa shape index (κ2) is 9.90. The maximum Gasteiger partial charge on any atom is 0.303 e. The fourth-order valence-electron chi connectivity index (χ4n) is 2.72. The van der Waals surface area contributed by atoms with Crippen LogP contribution < -0.4 is 0 Å². The van der Waals surface area contributed by atoms with Crippen molar-refractivity contribution in [3.8, 4) is 0 Å². The molecular weight excluding hydrogens is 388 g/mol. The summed E-state index contributed by atoms with van der Waals surface area (Å²) in [6, 6.07) is 7.59. The van der Waals surface area contributed by atoms with E-state index in [1.54, 1.807) is 0 Å². The number of carbonyl (C=O) groups excluding carboxylic acids is 3. The molecule has 5 atom stereocenters. The van der Waals surface area contributed by atoms with Crippen molar-refractivity contribution in [1.82, 2.24) is 0 Å². The van der Waals surface area contributed by atoms with Crippen molar-refractivity contribution in [2.45, 2.75) is 62.4 Å². The number of carbonyl (C=O) groups is 3. The second-order valence-electron chi connectivity index (χ2n) is 6.42. The maximum atomic E-state index is 11.6. The molecule has 0 amide bonds. The summed E-state index contributed by atoms with van der Waals surface area (Å²) in [5.74, 6) is -1.79. The van der Waals surface area contributed by atoms with Crippen LogP contribution in [0.25, 0.3) is 0 Å². The van der Waals surface area contributed by atoms with E-state index in [1.807, 2.05) is 31.2 Å². The van der Waals surface area contributed by atoms with E-state index in [9.17, 15) is 19.5 Å². The van der Waals surface area contributed by atoms with Gasteiger partial charge in [-0.2, -0.15) is 0 Å². The molecule has 2 rings (SSSR count). The SMILES string of the molecule is CC(=O)OC[C@H]1O[C@@H](Sc2ccc(C)cc2)[C@H](OC(C)=O)[C@@H](OC(C)=O)[C@@H]1O. The minimum atomic E-state index is -1.34. The van der Waals surface area contributed by atoms with Crippen LogP contribution in [0.5, 0.6) is 0 Å². The summed E-state index contributed by atoms with van der Waals surface area (Å²) in [4.78, 5) is 35.1. The third kappa shape index (κ3) is 6.22. The van der Waals surface area contributed by atoms with E-state index in [4.69, 9.17) is 18.9 Å². The minimum absolute atomic E-state index is 0.230. The molecule has 1 saturated heterocycles. The minimum Gasteiger partial charge on any atom is -0.463 e. The van der Waals surface area contributed by atoms with Gasteiger partial charge in [0.05, 0.1) is 0 Å². The standard InChI is InChI=1S/C19H24O8S/c1-10-5-7-14(8-6-10)28-19-18(26-13(4)22)17(25-12(3)21)16(23)15(27-19)9-24-11(2)20/h5-8,15-19,23H,9H2,1-4H3/t15-,16-,17+,18-,19+/m1/s1. The van der Waals surface area contributed by atoms with E-state index in [2.05, 4.69) is 0 Å². The molecule has 0 spiro atoms. The van der Waals surface area contributed by atoms with Gasteiger partial charge in [-0.15, -0.1) is 0 Å². The van der Waals surface area contributed by atoms with E-state index in [0.717, 1.165) is 10.5 Å². The molecule has 0 aromatic heterocycles. The Bertz CT molecular complexity index is 704. The summed E-state index contributed by atoms with van der Waals surface area (Å²) in [6.07, 6.45) is -4.51. The number of hydrogen-bond acceptors (Lipinski definition) is 9. The third-order valence-electron chi connectivity index (χ3n) is 3.95. The molecule has 28 heavy (non-hydrogen) atoms. The maximum absolute atomic E-state index is 11.6.